The van der Waals surface area contributed by atoms with Gasteiger partial charge in [0, 0.05) is 19.4 Å². The number of carbonyl (C=O) groups is 5. The van der Waals surface area contributed by atoms with Crippen LogP contribution in [0.5, 0.6) is 0 Å². The van der Waals surface area contributed by atoms with Gasteiger partial charge in [-0.2, -0.15) is 0 Å². The summed E-state index contributed by atoms with van der Waals surface area (Å²) in [5.74, 6) is -3.72. The maximum absolute atomic E-state index is 13.1. The number of benzene rings is 1. The second-order valence-electron chi connectivity index (χ2n) is 11.1. The number of piperidine rings is 1. The van der Waals surface area contributed by atoms with E-state index in [1.54, 1.807) is 6.92 Å². The predicted octanol–water partition coefficient (Wildman–Crippen LogP) is 1.66. The Labute approximate surface area is 241 Å². The van der Waals surface area contributed by atoms with Gasteiger partial charge < -0.3 is 31.1 Å². The molecule has 1 saturated heterocycles. The fourth-order valence-corrected chi connectivity index (χ4v) is 5.79. The number of nitrogens with one attached hydrogen (secondary N) is 3. The molecular weight excluding hydrogens is 528 g/mol. The monoisotopic (exact) mass is 572 g/mol. The topological polar surface area (TPSA) is 165 Å². The van der Waals surface area contributed by atoms with Crippen molar-refractivity contribution in [2.45, 2.75) is 89.6 Å². The first-order chi connectivity index (χ1) is 19.7. The van der Waals surface area contributed by atoms with Crippen molar-refractivity contribution < 1.29 is 34.2 Å². The fourth-order valence-electron chi connectivity index (χ4n) is 5.79. The van der Waals surface area contributed by atoms with Crippen molar-refractivity contribution >= 4 is 29.7 Å². The molecule has 2 atom stereocenters. The molecule has 0 bridgehead atoms. The highest BCUT2D eigenvalue weighted by Gasteiger charge is 2.30. The largest absolute Gasteiger partial charge is 0.481 e. The summed E-state index contributed by atoms with van der Waals surface area (Å²) in [6.07, 6.45) is 7.36. The minimum absolute atomic E-state index is 0.0491. The van der Waals surface area contributed by atoms with E-state index in [-0.39, 0.29) is 25.4 Å². The zero-order chi connectivity index (χ0) is 29.8. The fraction of sp³-hybridized carbons (Fsp3) is 0.633. The summed E-state index contributed by atoms with van der Waals surface area (Å²) in [6.45, 7) is 3.71. The highest BCUT2D eigenvalue weighted by molar-refractivity contribution is 5.94. The molecule has 0 radical (unpaired) electrons. The summed E-state index contributed by atoms with van der Waals surface area (Å²) in [7, 11) is 0. The van der Waals surface area contributed by atoms with Crippen molar-refractivity contribution in [1.82, 2.24) is 20.9 Å². The lowest BCUT2D eigenvalue weighted by atomic mass is 9.86. The van der Waals surface area contributed by atoms with Gasteiger partial charge in [-0.15, -0.1) is 0 Å². The molecule has 11 heteroatoms. The zero-order valence-electron chi connectivity index (χ0n) is 24.0. The number of fused-ring (bicyclic) bond motifs is 1. The molecule has 41 heavy (non-hydrogen) atoms. The first-order valence-electron chi connectivity index (χ1n) is 14.8. The predicted molar refractivity (Wildman–Crippen MR) is 152 cm³/mol. The summed E-state index contributed by atoms with van der Waals surface area (Å²) in [5.41, 5.74) is 3.13. The van der Waals surface area contributed by atoms with E-state index in [2.05, 4.69) is 16.0 Å². The number of nitrogens with zero attached hydrogens (tertiary/aromatic N) is 1. The van der Waals surface area contributed by atoms with E-state index in [0.29, 0.717) is 12.3 Å². The average molecular weight is 573 g/mol. The number of hydrogen-bond acceptors (Lipinski definition) is 6. The summed E-state index contributed by atoms with van der Waals surface area (Å²) in [4.78, 5) is 63.5. The normalized spacial score (nSPS) is 16.6. The second-order valence-corrected chi connectivity index (χ2v) is 11.1. The van der Waals surface area contributed by atoms with E-state index in [1.165, 1.54) is 10.5 Å². The molecule has 1 fully saturated rings. The van der Waals surface area contributed by atoms with Crippen molar-refractivity contribution in [3.8, 4) is 0 Å². The molecule has 5 N–H and O–H groups in total. The van der Waals surface area contributed by atoms with Crippen LogP contribution in [0.4, 0.5) is 0 Å². The molecule has 0 unspecified atom stereocenters. The molecule has 2 aliphatic rings. The van der Waals surface area contributed by atoms with Gasteiger partial charge in [0.1, 0.15) is 12.1 Å². The van der Waals surface area contributed by atoms with E-state index in [1.807, 2.05) is 18.2 Å². The molecule has 1 aliphatic carbocycles. The van der Waals surface area contributed by atoms with Crippen LogP contribution in [-0.2, 0) is 43.2 Å². The number of carboxylic acid groups (broad SMARTS) is 2. The smallest absolute Gasteiger partial charge is 0.326 e. The Morgan fingerprint density at radius 3 is 2.44 bits per heavy atom. The van der Waals surface area contributed by atoms with Gasteiger partial charge in [-0.25, -0.2) is 4.79 Å². The number of carboxylic acids is 2. The third-order valence-corrected chi connectivity index (χ3v) is 8.09. The first-order valence-corrected chi connectivity index (χ1v) is 14.8. The number of aliphatic carboxylic acids is 2. The SMILES string of the molecule is CCN(CC(=O)N[C@@H](CC(=O)O)C(=O)N[C@@H](Cc1cccc2c1CCCC2)C(=O)O)C(=O)CCCC1CCNCC1. The van der Waals surface area contributed by atoms with Gasteiger partial charge in [0.15, 0.2) is 0 Å². The summed E-state index contributed by atoms with van der Waals surface area (Å²) in [6, 6.07) is 2.98. The molecular formula is C30H44N4O7. The molecule has 226 valence electrons. The quantitative estimate of drug-likeness (QED) is 0.212. The summed E-state index contributed by atoms with van der Waals surface area (Å²) in [5, 5.41) is 27.4. The van der Waals surface area contributed by atoms with Crippen LogP contribution in [-0.4, -0.2) is 83.0 Å². The van der Waals surface area contributed by atoms with Crippen LogP contribution in [0.3, 0.4) is 0 Å². The third kappa shape index (κ3) is 10.1. The third-order valence-electron chi connectivity index (χ3n) is 8.09. The standard InChI is InChI=1S/C30H44N4O7/c1-2-34(27(36)12-5-7-20-13-15-31-16-14-20)19-26(35)32-24(18-28(37)38)29(39)33-25(30(40)41)17-22-10-6-9-21-8-3-4-11-23(21)22/h6,9-10,20,24-25,31H,2-5,7-8,11-19H2,1H3,(H,32,35)(H,33,39)(H,37,38)(H,40,41)/t24-,25-/m0/s1. The number of aryl methyl sites for hydroxylation is 1. The zero-order valence-corrected chi connectivity index (χ0v) is 24.0. The number of carbonyl (C=O) groups excluding carboxylic acids is 3. The number of likely N-dealkylation sites (N-methyl/N-ethyl adjacent to an activating group) is 1. The van der Waals surface area contributed by atoms with Gasteiger partial charge in [0.05, 0.1) is 13.0 Å². The van der Waals surface area contributed by atoms with Crippen molar-refractivity contribution in [1.29, 1.82) is 0 Å². The van der Waals surface area contributed by atoms with E-state index >= 15 is 0 Å². The Kier molecular flexibility index (Phi) is 12.6. The number of hydrogen-bond donors (Lipinski definition) is 5. The average Bonchev–Trinajstić information content (AvgIpc) is 2.95. The van der Waals surface area contributed by atoms with Gasteiger partial charge in [0.2, 0.25) is 17.7 Å². The van der Waals surface area contributed by atoms with Crippen LogP contribution in [0, 0.1) is 5.92 Å². The summed E-state index contributed by atoms with van der Waals surface area (Å²) < 4.78 is 0. The molecule has 1 heterocycles. The van der Waals surface area contributed by atoms with E-state index in [0.717, 1.165) is 75.6 Å². The van der Waals surface area contributed by atoms with Crippen LogP contribution >= 0.6 is 0 Å². The molecule has 1 aliphatic heterocycles. The van der Waals surface area contributed by atoms with Gasteiger partial charge in [-0.05, 0) is 94.0 Å². The molecule has 0 aromatic heterocycles. The van der Waals surface area contributed by atoms with Crippen molar-refractivity contribution in [3.05, 3.63) is 34.9 Å². The second kappa shape index (κ2) is 16.1. The Balaban J connectivity index is 1.57. The molecule has 0 saturated carbocycles. The highest BCUT2D eigenvalue weighted by Crippen LogP contribution is 2.25. The number of rotatable bonds is 15. The van der Waals surface area contributed by atoms with Crippen molar-refractivity contribution in [2.24, 2.45) is 5.92 Å². The molecule has 3 amide bonds. The van der Waals surface area contributed by atoms with Crippen LogP contribution in [0.1, 0.15) is 75.0 Å². The minimum atomic E-state index is -1.49. The van der Waals surface area contributed by atoms with Gasteiger partial charge in [-0.3, -0.25) is 19.2 Å². The molecule has 3 rings (SSSR count). The summed E-state index contributed by atoms with van der Waals surface area (Å²) >= 11 is 0. The van der Waals surface area contributed by atoms with Crippen LogP contribution in [0.15, 0.2) is 18.2 Å². The molecule has 11 nitrogen and oxygen atoms in total. The molecule has 1 aromatic rings. The van der Waals surface area contributed by atoms with Crippen molar-refractivity contribution in [3.63, 3.8) is 0 Å². The van der Waals surface area contributed by atoms with Gasteiger partial charge in [0.25, 0.3) is 0 Å². The number of amides is 3. The Morgan fingerprint density at radius 1 is 1.02 bits per heavy atom. The minimum Gasteiger partial charge on any atom is -0.481 e. The van der Waals surface area contributed by atoms with E-state index < -0.39 is 42.3 Å². The lowest BCUT2D eigenvalue weighted by Crippen LogP contribution is -2.54. The lowest BCUT2D eigenvalue weighted by molar-refractivity contribution is -0.144. The Bertz CT molecular complexity index is 1090. The maximum atomic E-state index is 13.1. The first kappa shape index (κ1) is 32.0. The van der Waals surface area contributed by atoms with Gasteiger partial charge in [-0.1, -0.05) is 18.2 Å². The molecule has 1 aromatic carbocycles. The van der Waals surface area contributed by atoms with Crippen LogP contribution in [0.25, 0.3) is 0 Å². The van der Waals surface area contributed by atoms with E-state index in [4.69, 9.17) is 0 Å². The maximum Gasteiger partial charge on any atom is 0.326 e. The highest BCUT2D eigenvalue weighted by atomic mass is 16.4. The van der Waals surface area contributed by atoms with E-state index in [9.17, 15) is 34.2 Å². The van der Waals surface area contributed by atoms with Gasteiger partial charge >= 0.3 is 11.9 Å². The van der Waals surface area contributed by atoms with Crippen LogP contribution in [0.2, 0.25) is 0 Å². The Hall–Kier alpha value is -3.47. The molecule has 0 spiro atoms. The lowest BCUT2D eigenvalue weighted by Gasteiger charge is -2.25. The Morgan fingerprint density at radius 2 is 1.76 bits per heavy atom. The van der Waals surface area contributed by atoms with Crippen LogP contribution < -0.4 is 16.0 Å². The van der Waals surface area contributed by atoms with Crippen molar-refractivity contribution in [2.75, 3.05) is 26.2 Å².